The summed E-state index contributed by atoms with van der Waals surface area (Å²) in [7, 11) is 0. The Morgan fingerprint density at radius 1 is 1.80 bits per heavy atom. The predicted octanol–water partition coefficient (Wildman–Crippen LogP) is 0.325. The molecule has 0 aliphatic carbocycles. The topological polar surface area (TPSA) is 90.4 Å². The SMILES string of the molecule is O=[N+]([O-])c1cn2c(n1)O[C@@H](CCO)CC2. The van der Waals surface area contributed by atoms with Crippen LogP contribution in [-0.4, -0.2) is 32.3 Å². The van der Waals surface area contributed by atoms with E-state index in [0.29, 0.717) is 13.0 Å². The average Bonchev–Trinajstić information content (AvgIpc) is 2.61. The molecular weight excluding hydrogens is 202 g/mol. The van der Waals surface area contributed by atoms with Crippen LogP contribution in [0.4, 0.5) is 5.82 Å². The lowest BCUT2D eigenvalue weighted by molar-refractivity contribution is -0.389. The Labute approximate surface area is 85.4 Å². The van der Waals surface area contributed by atoms with Crippen molar-refractivity contribution in [2.24, 2.45) is 0 Å². The van der Waals surface area contributed by atoms with E-state index in [1.54, 1.807) is 4.57 Å². The molecule has 0 amide bonds. The molecule has 0 bridgehead atoms. The third-order valence-electron chi connectivity index (χ3n) is 2.33. The standard InChI is InChI=1S/C8H11N3O4/c12-4-2-6-1-3-10-5-7(11(13)14)9-8(10)15-6/h5-6,12H,1-4H2/t6-/m1/s1. The summed E-state index contributed by atoms with van der Waals surface area (Å²) in [6.45, 7) is 0.689. The van der Waals surface area contributed by atoms with Crippen molar-refractivity contribution in [3.05, 3.63) is 16.3 Å². The third-order valence-corrected chi connectivity index (χ3v) is 2.33. The van der Waals surface area contributed by atoms with Crippen LogP contribution in [0.5, 0.6) is 6.01 Å². The summed E-state index contributed by atoms with van der Waals surface area (Å²) >= 11 is 0. The van der Waals surface area contributed by atoms with Crippen LogP contribution < -0.4 is 4.74 Å². The van der Waals surface area contributed by atoms with Crippen molar-refractivity contribution >= 4 is 5.82 Å². The van der Waals surface area contributed by atoms with Gasteiger partial charge in [0.15, 0.2) is 0 Å². The van der Waals surface area contributed by atoms with Crippen molar-refractivity contribution in [1.29, 1.82) is 0 Å². The van der Waals surface area contributed by atoms with Crippen molar-refractivity contribution in [2.45, 2.75) is 25.5 Å². The maximum absolute atomic E-state index is 10.5. The van der Waals surface area contributed by atoms with E-state index in [9.17, 15) is 10.1 Å². The van der Waals surface area contributed by atoms with Crippen LogP contribution in [0, 0.1) is 10.1 Å². The van der Waals surface area contributed by atoms with E-state index < -0.39 is 4.92 Å². The molecule has 1 aromatic heterocycles. The molecule has 0 fully saturated rings. The Kier molecular flexibility index (Phi) is 2.55. The van der Waals surface area contributed by atoms with E-state index in [2.05, 4.69) is 4.98 Å². The monoisotopic (exact) mass is 213 g/mol. The van der Waals surface area contributed by atoms with Gasteiger partial charge < -0.3 is 20.0 Å². The van der Waals surface area contributed by atoms with Crippen LogP contribution in [-0.2, 0) is 6.54 Å². The summed E-state index contributed by atoms with van der Waals surface area (Å²) in [5.41, 5.74) is 0. The van der Waals surface area contributed by atoms with Crippen LogP contribution in [0.15, 0.2) is 6.20 Å². The number of aliphatic hydroxyl groups is 1. The smallest absolute Gasteiger partial charge is 0.414 e. The molecule has 1 aromatic rings. The van der Waals surface area contributed by atoms with Gasteiger partial charge in [-0.1, -0.05) is 0 Å². The van der Waals surface area contributed by atoms with Gasteiger partial charge in [-0.05, 0) is 4.92 Å². The van der Waals surface area contributed by atoms with Crippen LogP contribution >= 0.6 is 0 Å². The number of fused-ring (bicyclic) bond motifs is 1. The molecule has 7 nitrogen and oxygen atoms in total. The molecule has 1 N–H and O–H groups in total. The van der Waals surface area contributed by atoms with E-state index in [-0.39, 0.29) is 24.5 Å². The lowest BCUT2D eigenvalue weighted by Gasteiger charge is -2.20. The molecule has 2 rings (SSSR count). The van der Waals surface area contributed by atoms with Gasteiger partial charge in [0.2, 0.25) is 0 Å². The molecule has 82 valence electrons. The summed E-state index contributed by atoms with van der Waals surface area (Å²) in [6.07, 6.45) is 2.54. The summed E-state index contributed by atoms with van der Waals surface area (Å²) < 4.78 is 7.01. The number of aryl methyl sites for hydroxylation is 1. The maximum atomic E-state index is 10.5. The van der Waals surface area contributed by atoms with Gasteiger partial charge in [-0.2, -0.15) is 0 Å². The summed E-state index contributed by atoms with van der Waals surface area (Å²) in [5.74, 6) is -0.199. The molecule has 15 heavy (non-hydrogen) atoms. The van der Waals surface area contributed by atoms with Gasteiger partial charge in [0.1, 0.15) is 12.3 Å². The number of aliphatic hydroxyl groups excluding tert-OH is 1. The number of nitro groups is 1. The molecule has 0 unspecified atom stereocenters. The van der Waals surface area contributed by atoms with Crippen LogP contribution in [0.2, 0.25) is 0 Å². The first-order chi connectivity index (χ1) is 7.20. The van der Waals surface area contributed by atoms with Gasteiger partial charge in [-0.15, -0.1) is 0 Å². The Hall–Kier alpha value is -1.63. The fourth-order valence-corrected chi connectivity index (χ4v) is 1.57. The number of hydrogen-bond donors (Lipinski definition) is 1. The minimum Gasteiger partial charge on any atom is -0.442 e. The van der Waals surface area contributed by atoms with E-state index in [1.807, 2.05) is 0 Å². The molecule has 1 atom stereocenters. The highest BCUT2D eigenvalue weighted by Crippen LogP contribution is 2.24. The van der Waals surface area contributed by atoms with Crippen molar-refractivity contribution in [2.75, 3.05) is 6.61 Å². The van der Waals surface area contributed by atoms with Crippen LogP contribution in [0.25, 0.3) is 0 Å². The number of aromatic nitrogens is 2. The summed E-state index contributed by atoms with van der Waals surface area (Å²) in [5, 5.41) is 19.2. The highest BCUT2D eigenvalue weighted by atomic mass is 16.6. The van der Waals surface area contributed by atoms with Gasteiger partial charge in [-0.3, -0.25) is 4.57 Å². The van der Waals surface area contributed by atoms with Gasteiger partial charge in [0, 0.05) is 31.0 Å². The second-order valence-corrected chi connectivity index (χ2v) is 3.37. The molecule has 7 heteroatoms. The van der Waals surface area contributed by atoms with Crippen LogP contribution in [0.1, 0.15) is 12.8 Å². The first-order valence-corrected chi connectivity index (χ1v) is 4.70. The lowest BCUT2D eigenvalue weighted by Crippen LogP contribution is -2.26. The quantitative estimate of drug-likeness (QED) is 0.577. The van der Waals surface area contributed by atoms with Gasteiger partial charge in [0.25, 0.3) is 0 Å². The fourth-order valence-electron chi connectivity index (χ4n) is 1.57. The van der Waals surface area contributed by atoms with Gasteiger partial charge in [0.05, 0.1) is 0 Å². The Balaban J connectivity index is 2.15. The molecular formula is C8H11N3O4. The van der Waals surface area contributed by atoms with Gasteiger partial charge in [-0.25, -0.2) is 0 Å². The third kappa shape index (κ3) is 1.91. The summed E-state index contributed by atoms with van der Waals surface area (Å²) in [4.78, 5) is 13.7. The minimum absolute atomic E-state index is 0.0491. The van der Waals surface area contributed by atoms with Crippen molar-refractivity contribution in [3.8, 4) is 6.01 Å². The Morgan fingerprint density at radius 2 is 2.60 bits per heavy atom. The zero-order valence-corrected chi connectivity index (χ0v) is 8.00. The summed E-state index contributed by atoms with van der Waals surface area (Å²) in [6, 6.07) is 0.270. The largest absolute Gasteiger partial charge is 0.442 e. The molecule has 0 spiro atoms. The highest BCUT2D eigenvalue weighted by molar-refractivity contribution is 5.21. The van der Waals surface area contributed by atoms with Gasteiger partial charge >= 0.3 is 11.8 Å². The van der Waals surface area contributed by atoms with Crippen molar-refractivity contribution < 1.29 is 14.8 Å². The first-order valence-electron chi connectivity index (χ1n) is 4.70. The molecule has 1 aliphatic rings. The van der Waals surface area contributed by atoms with E-state index in [0.717, 1.165) is 6.42 Å². The second-order valence-electron chi connectivity index (χ2n) is 3.37. The number of imidazole rings is 1. The lowest BCUT2D eigenvalue weighted by atomic mass is 10.2. The first kappa shape index (κ1) is 9.91. The van der Waals surface area contributed by atoms with E-state index in [1.165, 1.54) is 6.20 Å². The van der Waals surface area contributed by atoms with E-state index >= 15 is 0 Å². The van der Waals surface area contributed by atoms with Crippen LogP contribution in [0.3, 0.4) is 0 Å². The number of ether oxygens (including phenoxy) is 1. The zero-order chi connectivity index (χ0) is 10.8. The molecule has 0 saturated carbocycles. The Morgan fingerprint density at radius 3 is 3.27 bits per heavy atom. The predicted molar refractivity (Wildman–Crippen MR) is 49.6 cm³/mol. The van der Waals surface area contributed by atoms with E-state index in [4.69, 9.17) is 9.84 Å². The molecule has 0 saturated heterocycles. The molecule has 2 heterocycles. The molecule has 0 radical (unpaired) electrons. The zero-order valence-electron chi connectivity index (χ0n) is 8.00. The minimum atomic E-state index is -0.546. The molecule has 1 aliphatic heterocycles. The number of nitrogens with zero attached hydrogens (tertiary/aromatic N) is 3. The maximum Gasteiger partial charge on any atom is 0.414 e. The normalized spacial score (nSPS) is 19.4. The Bertz CT molecular complexity index is 376. The van der Waals surface area contributed by atoms with Crippen molar-refractivity contribution in [1.82, 2.24) is 9.55 Å². The second kappa shape index (κ2) is 3.85. The average molecular weight is 213 g/mol. The number of rotatable bonds is 3. The fraction of sp³-hybridized carbons (Fsp3) is 0.625. The van der Waals surface area contributed by atoms with Crippen molar-refractivity contribution in [3.63, 3.8) is 0 Å². The highest BCUT2D eigenvalue weighted by Gasteiger charge is 2.27. The molecule has 0 aromatic carbocycles. The number of hydrogen-bond acceptors (Lipinski definition) is 5.